The largest absolute Gasteiger partial charge is 0.422 e. The van der Waals surface area contributed by atoms with E-state index in [0.29, 0.717) is 11.6 Å². The molecule has 0 aliphatic heterocycles. The zero-order chi connectivity index (χ0) is 19.3. The van der Waals surface area contributed by atoms with Crippen molar-refractivity contribution in [3.63, 3.8) is 0 Å². The smallest absolute Gasteiger partial charge is 0.347 e. The van der Waals surface area contributed by atoms with Gasteiger partial charge in [-0.1, -0.05) is 67.8 Å². The van der Waals surface area contributed by atoms with E-state index in [4.69, 9.17) is 4.42 Å². The quantitative estimate of drug-likeness (QED) is 0.485. The first-order valence-corrected chi connectivity index (χ1v) is 10.1. The van der Waals surface area contributed by atoms with Crippen LogP contribution >= 0.6 is 0 Å². The predicted molar refractivity (Wildman–Crippen MR) is 111 cm³/mol. The normalized spacial score (nSPS) is 16.1. The van der Waals surface area contributed by atoms with E-state index < -0.39 is 5.63 Å². The summed E-state index contributed by atoms with van der Waals surface area (Å²) < 4.78 is 5.35. The van der Waals surface area contributed by atoms with Crippen molar-refractivity contribution in [2.24, 2.45) is 0 Å². The zero-order valence-electron chi connectivity index (χ0n) is 15.9. The van der Waals surface area contributed by atoms with Crippen molar-refractivity contribution in [2.75, 3.05) is 0 Å². The van der Waals surface area contributed by atoms with E-state index in [2.05, 4.69) is 5.32 Å². The van der Waals surface area contributed by atoms with Crippen LogP contribution in [0.2, 0.25) is 0 Å². The molecule has 1 aromatic heterocycles. The Morgan fingerprint density at radius 2 is 1.71 bits per heavy atom. The van der Waals surface area contributed by atoms with Crippen molar-refractivity contribution in [2.45, 2.75) is 50.6 Å². The van der Waals surface area contributed by atoms with Crippen LogP contribution in [0.3, 0.4) is 0 Å². The number of nitrogens with one attached hydrogen (secondary N) is 1. The van der Waals surface area contributed by atoms with Gasteiger partial charge in [0.1, 0.15) is 11.1 Å². The number of carbonyl (C=O) groups is 1. The summed E-state index contributed by atoms with van der Waals surface area (Å²) in [5.74, 6) is -0.184. The number of Topliss-reactive ketones (excluding diaryl/α,β-unsaturated/α-hetero) is 1. The summed E-state index contributed by atoms with van der Waals surface area (Å²) in [4.78, 5) is 25.4. The van der Waals surface area contributed by atoms with E-state index in [1.165, 1.54) is 19.3 Å². The number of benzene rings is 2. The summed E-state index contributed by atoms with van der Waals surface area (Å²) in [5.41, 5.74) is 1.15. The lowest BCUT2D eigenvalue weighted by atomic mass is 9.92. The second-order valence-corrected chi connectivity index (χ2v) is 7.58. The summed E-state index contributed by atoms with van der Waals surface area (Å²) in [7, 11) is 0. The highest BCUT2D eigenvalue weighted by atomic mass is 16.4. The molecule has 144 valence electrons. The fourth-order valence-electron chi connectivity index (χ4n) is 4.06. The number of hydrogen-bond donors (Lipinski definition) is 1. The van der Waals surface area contributed by atoms with Crippen LogP contribution in [-0.2, 0) is 0 Å². The first-order chi connectivity index (χ1) is 13.7. The summed E-state index contributed by atoms with van der Waals surface area (Å²) in [5, 5.41) is 4.44. The number of carbonyl (C=O) groups excluding carboxylic acids is 1. The number of ketones is 1. The summed E-state index contributed by atoms with van der Waals surface area (Å²) in [6.45, 7) is 0. The van der Waals surface area contributed by atoms with E-state index in [0.717, 1.165) is 23.8 Å². The maximum atomic E-state index is 13.0. The van der Waals surface area contributed by atoms with Crippen LogP contribution in [0.4, 0.5) is 0 Å². The number of rotatable bonds is 6. The lowest BCUT2D eigenvalue weighted by Gasteiger charge is -2.28. The minimum Gasteiger partial charge on any atom is -0.422 e. The molecule has 4 nitrogen and oxygen atoms in total. The maximum Gasteiger partial charge on any atom is 0.347 e. The van der Waals surface area contributed by atoms with Gasteiger partial charge in [0.25, 0.3) is 0 Å². The first-order valence-electron chi connectivity index (χ1n) is 10.1. The summed E-state index contributed by atoms with van der Waals surface area (Å²) >= 11 is 0. The molecule has 4 rings (SSSR count). The third-order valence-corrected chi connectivity index (χ3v) is 5.58. The van der Waals surface area contributed by atoms with E-state index in [1.807, 2.05) is 48.5 Å². The van der Waals surface area contributed by atoms with Crippen molar-refractivity contribution in [3.8, 4) is 0 Å². The van der Waals surface area contributed by atoms with Crippen molar-refractivity contribution < 1.29 is 9.21 Å². The van der Waals surface area contributed by atoms with Gasteiger partial charge in [0.15, 0.2) is 5.78 Å². The summed E-state index contributed by atoms with van der Waals surface area (Å²) in [6.07, 6.45) is 6.24. The fourth-order valence-corrected chi connectivity index (χ4v) is 4.06. The van der Waals surface area contributed by atoms with E-state index >= 15 is 0 Å². The van der Waals surface area contributed by atoms with Gasteiger partial charge in [-0.15, -0.1) is 0 Å². The SMILES string of the molecule is O=C(C[C@H](NC1CCCCC1)c1ccccc1)c1cc2ccccc2oc1=O. The molecule has 0 saturated heterocycles. The highest BCUT2D eigenvalue weighted by molar-refractivity contribution is 5.98. The Bertz CT molecular complexity index is 1000. The van der Waals surface area contributed by atoms with Crippen molar-refractivity contribution >= 4 is 16.8 Å². The molecule has 0 bridgehead atoms. The van der Waals surface area contributed by atoms with Crippen molar-refractivity contribution in [1.82, 2.24) is 5.32 Å². The molecule has 0 unspecified atom stereocenters. The second kappa shape index (κ2) is 8.53. The topological polar surface area (TPSA) is 59.3 Å². The van der Waals surface area contributed by atoms with Crippen LogP contribution in [0.15, 0.2) is 69.9 Å². The van der Waals surface area contributed by atoms with E-state index in [-0.39, 0.29) is 23.8 Å². The third kappa shape index (κ3) is 4.23. The number of hydrogen-bond acceptors (Lipinski definition) is 4. The Morgan fingerprint density at radius 3 is 2.50 bits per heavy atom. The van der Waals surface area contributed by atoms with Gasteiger partial charge in [0.2, 0.25) is 0 Å². The number of para-hydroxylation sites is 1. The molecule has 0 amide bonds. The second-order valence-electron chi connectivity index (χ2n) is 7.58. The van der Waals surface area contributed by atoms with Crippen LogP contribution in [-0.4, -0.2) is 11.8 Å². The van der Waals surface area contributed by atoms with Crippen molar-refractivity contribution in [3.05, 3.63) is 82.2 Å². The lowest BCUT2D eigenvalue weighted by Crippen LogP contribution is -2.36. The highest BCUT2D eigenvalue weighted by Crippen LogP contribution is 2.25. The Morgan fingerprint density at radius 1 is 1.00 bits per heavy atom. The van der Waals surface area contributed by atoms with Crippen molar-refractivity contribution in [1.29, 1.82) is 0 Å². The summed E-state index contributed by atoms with van der Waals surface area (Å²) in [6, 6.07) is 19.3. The minimum atomic E-state index is -0.562. The Labute approximate surface area is 164 Å². The predicted octanol–water partition coefficient (Wildman–Crippen LogP) is 5.03. The molecule has 2 aromatic carbocycles. The molecule has 1 aliphatic carbocycles. The Kier molecular flexibility index (Phi) is 5.68. The van der Waals surface area contributed by atoms with E-state index in [1.54, 1.807) is 12.1 Å². The highest BCUT2D eigenvalue weighted by Gasteiger charge is 2.23. The third-order valence-electron chi connectivity index (χ3n) is 5.58. The molecule has 0 spiro atoms. The van der Waals surface area contributed by atoms with Gasteiger partial charge in [-0.3, -0.25) is 4.79 Å². The van der Waals surface area contributed by atoms with Gasteiger partial charge >= 0.3 is 5.63 Å². The van der Waals surface area contributed by atoms with Gasteiger partial charge in [0.05, 0.1) is 0 Å². The molecule has 1 fully saturated rings. The van der Waals surface area contributed by atoms with Gasteiger partial charge in [-0.2, -0.15) is 0 Å². The van der Waals surface area contributed by atoms with Crippen LogP contribution in [0.5, 0.6) is 0 Å². The van der Waals surface area contributed by atoms with Gasteiger partial charge in [-0.05, 0) is 30.5 Å². The zero-order valence-corrected chi connectivity index (χ0v) is 15.9. The average Bonchev–Trinajstić information content (AvgIpc) is 2.74. The van der Waals surface area contributed by atoms with Crippen LogP contribution < -0.4 is 10.9 Å². The van der Waals surface area contributed by atoms with Gasteiger partial charge in [0, 0.05) is 23.9 Å². The molecule has 1 N–H and O–H groups in total. The average molecular weight is 375 g/mol. The first kappa shape index (κ1) is 18.6. The van der Waals surface area contributed by atoms with Gasteiger partial charge < -0.3 is 9.73 Å². The van der Waals surface area contributed by atoms with Crippen LogP contribution in [0, 0.1) is 0 Å². The Hall–Kier alpha value is -2.72. The molecule has 1 atom stereocenters. The fraction of sp³-hybridized carbons (Fsp3) is 0.333. The molecule has 1 heterocycles. The molecular formula is C24H25NO3. The van der Waals surface area contributed by atoms with Gasteiger partial charge in [-0.25, -0.2) is 4.79 Å². The Balaban J connectivity index is 1.59. The molecule has 0 radical (unpaired) electrons. The van der Waals surface area contributed by atoms with Crippen LogP contribution in [0.25, 0.3) is 11.0 Å². The maximum absolute atomic E-state index is 13.0. The monoisotopic (exact) mass is 375 g/mol. The lowest BCUT2D eigenvalue weighted by molar-refractivity contribution is 0.0961. The minimum absolute atomic E-state index is 0.109. The standard InChI is InChI=1S/C24H25NO3/c26-22(20-15-18-11-7-8-14-23(18)28-24(20)27)16-21(17-9-3-1-4-10-17)25-19-12-5-2-6-13-19/h1,3-4,7-11,14-15,19,21,25H,2,5-6,12-13,16H2/t21-/m0/s1. The molecule has 1 aliphatic rings. The van der Waals surface area contributed by atoms with Crippen LogP contribution in [0.1, 0.15) is 60.5 Å². The molecule has 3 aromatic rings. The number of fused-ring (bicyclic) bond motifs is 1. The molecule has 1 saturated carbocycles. The molecular weight excluding hydrogens is 350 g/mol. The molecule has 4 heteroatoms. The van der Waals surface area contributed by atoms with E-state index in [9.17, 15) is 9.59 Å². The molecule has 28 heavy (non-hydrogen) atoms.